The minimum atomic E-state index is -1.01. The number of benzene rings is 2. The maximum Gasteiger partial charge on any atom is 0.353 e. The van der Waals surface area contributed by atoms with Crippen LogP contribution in [-0.4, -0.2) is 42.2 Å². The summed E-state index contributed by atoms with van der Waals surface area (Å²) in [7, 11) is 2.95. The van der Waals surface area contributed by atoms with Gasteiger partial charge in [0.1, 0.15) is 0 Å². The smallest absolute Gasteiger partial charge is 0.353 e. The third-order valence-electron chi connectivity index (χ3n) is 3.66. The van der Waals surface area contributed by atoms with E-state index < -0.39 is 38.7 Å². The predicted molar refractivity (Wildman–Crippen MR) is 106 cm³/mol. The van der Waals surface area contributed by atoms with Gasteiger partial charge in [-0.1, -0.05) is 0 Å². The molecule has 0 unspecified atom stereocenters. The summed E-state index contributed by atoms with van der Waals surface area (Å²) < 4.78 is 10.2. The highest BCUT2D eigenvalue weighted by molar-refractivity contribution is 5.96. The Morgan fingerprint density at radius 1 is 0.935 bits per heavy atom. The van der Waals surface area contributed by atoms with Gasteiger partial charge in [-0.2, -0.15) is 5.10 Å². The molecule has 0 radical (unpaired) electrons. The lowest BCUT2D eigenvalue weighted by molar-refractivity contribution is -0.394. The Labute approximate surface area is 174 Å². The summed E-state index contributed by atoms with van der Waals surface area (Å²) >= 11 is 0. The van der Waals surface area contributed by atoms with Gasteiger partial charge in [0.25, 0.3) is 17.3 Å². The molecular weight excluding hydrogens is 416 g/mol. The lowest BCUT2D eigenvalue weighted by Crippen LogP contribution is -2.45. The maximum absolute atomic E-state index is 12.1. The fraction of sp³-hybridized carbons (Fsp3) is 0.118. The number of hydrogen-bond donors (Lipinski definition) is 3. The van der Waals surface area contributed by atoms with E-state index in [1.807, 2.05) is 10.9 Å². The van der Waals surface area contributed by atoms with Crippen molar-refractivity contribution in [2.75, 3.05) is 14.2 Å². The van der Waals surface area contributed by atoms with Crippen LogP contribution < -0.4 is 25.8 Å². The van der Waals surface area contributed by atoms with Crippen molar-refractivity contribution in [3.8, 4) is 11.5 Å². The fourth-order valence-electron chi connectivity index (χ4n) is 2.25. The standard InChI is InChI=1S/C17H16N6O8/c1-30-14-4-3-10(5-15(14)31-2)9-18-20-17(25)21-19-16(24)11-6-12(22(26)27)8-13(7-11)23(28)29/h3-9H,1-2H3,(H,19,24)(H2,20,21,25)/b18-9-. The number of nitrogens with zero attached hydrogens (tertiary/aromatic N) is 3. The summed E-state index contributed by atoms with van der Waals surface area (Å²) in [5.74, 6) is -0.0468. The van der Waals surface area contributed by atoms with Crippen LogP contribution in [0.15, 0.2) is 41.5 Å². The molecule has 3 amide bonds. The first-order valence-electron chi connectivity index (χ1n) is 8.30. The molecule has 0 aromatic heterocycles. The molecule has 31 heavy (non-hydrogen) atoms. The van der Waals surface area contributed by atoms with E-state index in [4.69, 9.17) is 9.47 Å². The van der Waals surface area contributed by atoms with Gasteiger partial charge in [0.2, 0.25) is 0 Å². The van der Waals surface area contributed by atoms with E-state index in [-0.39, 0.29) is 0 Å². The van der Waals surface area contributed by atoms with Gasteiger partial charge >= 0.3 is 6.03 Å². The monoisotopic (exact) mass is 432 g/mol. The normalized spacial score (nSPS) is 10.3. The quantitative estimate of drug-likeness (QED) is 0.333. The summed E-state index contributed by atoms with van der Waals surface area (Å²) in [6.45, 7) is 0. The molecule has 0 atom stereocenters. The number of urea groups is 1. The van der Waals surface area contributed by atoms with Crippen molar-refractivity contribution < 1.29 is 28.9 Å². The Balaban J connectivity index is 1.97. The summed E-state index contributed by atoms with van der Waals surface area (Å²) in [4.78, 5) is 43.8. The number of nitro groups is 2. The van der Waals surface area contributed by atoms with E-state index in [2.05, 4.69) is 10.5 Å². The molecule has 0 aliphatic rings. The van der Waals surface area contributed by atoms with Crippen molar-refractivity contribution in [3.63, 3.8) is 0 Å². The Morgan fingerprint density at radius 3 is 2.10 bits per heavy atom. The first kappa shape index (κ1) is 22.5. The molecule has 2 aromatic carbocycles. The van der Waals surface area contributed by atoms with E-state index in [1.54, 1.807) is 18.2 Å². The van der Waals surface area contributed by atoms with Crippen molar-refractivity contribution in [1.82, 2.24) is 16.3 Å². The van der Waals surface area contributed by atoms with Gasteiger partial charge in [0.05, 0.1) is 41.9 Å². The third kappa shape index (κ3) is 6.11. The number of methoxy groups -OCH3 is 2. The molecule has 2 rings (SSSR count). The number of amides is 3. The molecule has 0 saturated carbocycles. The molecule has 0 spiro atoms. The van der Waals surface area contributed by atoms with E-state index >= 15 is 0 Å². The van der Waals surface area contributed by atoms with E-state index in [9.17, 15) is 29.8 Å². The zero-order valence-corrected chi connectivity index (χ0v) is 16.1. The van der Waals surface area contributed by atoms with E-state index in [0.717, 1.165) is 12.1 Å². The van der Waals surface area contributed by atoms with Crippen molar-refractivity contribution in [3.05, 3.63) is 67.8 Å². The van der Waals surface area contributed by atoms with Crippen molar-refractivity contribution >= 4 is 29.5 Å². The summed E-state index contributed by atoms with van der Waals surface area (Å²) in [6.07, 6.45) is 1.30. The Morgan fingerprint density at radius 2 is 1.55 bits per heavy atom. The Bertz CT molecular complexity index is 1020. The third-order valence-corrected chi connectivity index (χ3v) is 3.66. The topological polar surface area (TPSA) is 187 Å². The minimum Gasteiger partial charge on any atom is -0.493 e. The van der Waals surface area contributed by atoms with Gasteiger partial charge in [-0.15, -0.1) is 0 Å². The van der Waals surface area contributed by atoms with Gasteiger partial charge in [-0.3, -0.25) is 30.4 Å². The number of nitro benzene ring substituents is 2. The van der Waals surface area contributed by atoms with Crippen molar-refractivity contribution in [2.45, 2.75) is 0 Å². The highest BCUT2D eigenvalue weighted by Gasteiger charge is 2.20. The average Bonchev–Trinajstić information content (AvgIpc) is 2.76. The van der Waals surface area contributed by atoms with Gasteiger partial charge in [0, 0.05) is 12.1 Å². The van der Waals surface area contributed by atoms with Gasteiger partial charge in [-0.25, -0.2) is 15.6 Å². The average molecular weight is 432 g/mol. The second kappa shape index (κ2) is 10.1. The number of carbonyl (C=O) groups is 2. The van der Waals surface area contributed by atoms with Crippen LogP contribution in [0, 0.1) is 20.2 Å². The van der Waals surface area contributed by atoms with Gasteiger partial charge in [-0.05, 0) is 23.8 Å². The number of carbonyl (C=O) groups excluding carboxylic acids is 2. The van der Waals surface area contributed by atoms with Gasteiger partial charge in [0.15, 0.2) is 11.5 Å². The highest BCUT2D eigenvalue weighted by atomic mass is 16.6. The number of hydrazine groups is 1. The number of nitrogens with one attached hydrogen (secondary N) is 3. The van der Waals surface area contributed by atoms with Crippen LogP contribution in [0.4, 0.5) is 16.2 Å². The zero-order chi connectivity index (χ0) is 23.0. The Hall–Kier alpha value is -4.75. The molecular formula is C17H16N6O8. The molecule has 14 heteroatoms. The summed E-state index contributed by atoms with van der Waals surface area (Å²) in [5, 5.41) is 25.4. The molecule has 14 nitrogen and oxygen atoms in total. The van der Waals surface area contributed by atoms with Crippen LogP contribution >= 0.6 is 0 Å². The number of non-ortho nitro benzene ring substituents is 2. The first-order chi connectivity index (χ1) is 14.7. The number of ether oxygens (including phenoxy) is 2. The lowest BCUT2D eigenvalue weighted by atomic mass is 10.1. The predicted octanol–water partition coefficient (Wildman–Crippen LogP) is 1.50. The van der Waals surface area contributed by atoms with Crippen LogP contribution in [-0.2, 0) is 0 Å². The number of hydrazone groups is 1. The van der Waals surface area contributed by atoms with E-state index in [0.29, 0.717) is 23.1 Å². The summed E-state index contributed by atoms with van der Waals surface area (Å²) in [5.41, 5.74) is 4.88. The van der Waals surface area contributed by atoms with Crippen LogP contribution in [0.2, 0.25) is 0 Å². The van der Waals surface area contributed by atoms with Gasteiger partial charge < -0.3 is 9.47 Å². The first-order valence-corrected chi connectivity index (χ1v) is 8.30. The molecule has 3 N–H and O–H groups in total. The number of rotatable bonds is 7. The second-order valence-corrected chi connectivity index (χ2v) is 5.64. The van der Waals surface area contributed by atoms with Crippen molar-refractivity contribution in [2.24, 2.45) is 5.10 Å². The van der Waals surface area contributed by atoms with Crippen LogP contribution in [0.5, 0.6) is 11.5 Å². The largest absolute Gasteiger partial charge is 0.493 e. The second-order valence-electron chi connectivity index (χ2n) is 5.64. The molecule has 0 fully saturated rings. The molecule has 162 valence electrons. The molecule has 0 bridgehead atoms. The van der Waals surface area contributed by atoms with Crippen LogP contribution in [0.3, 0.4) is 0 Å². The molecule has 2 aromatic rings. The Kier molecular flexibility index (Phi) is 7.38. The molecule has 0 heterocycles. The minimum absolute atomic E-state index is 0.393. The molecule has 0 aliphatic heterocycles. The van der Waals surface area contributed by atoms with Crippen LogP contribution in [0.1, 0.15) is 15.9 Å². The summed E-state index contributed by atoms with van der Waals surface area (Å²) in [6, 6.07) is 6.33. The lowest BCUT2D eigenvalue weighted by Gasteiger charge is -2.08. The van der Waals surface area contributed by atoms with Crippen LogP contribution in [0.25, 0.3) is 0 Å². The highest BCUT2D eigenvalue weighted by Crippen LogP contribution is 2.26. The van der Waals surface area contributed by atoms with Crippen molar-refractivity contribution in [1.29, 1.82) is 0 Å². The molecule has 0 aliphatic carbocycles. The fourth-order valence-corrected chi connectivity index (χ4v) is 2.25. The SMILES string of the molecule is COc1ccc(/C=N\NC(=O)NNC(=O)c2cc([N+](=O)[O-])cc([N+](=O)[O-])c2)cc1OC. The maximum atomic E-state index is 12.1. The zero-order valence-electron chi connectivity index (χ0n) is 16.1. The van der Waals surface area contributed by atoms with E-state index in [1.165, 1.54) is 20.4 Å². The molecule has 0 saturated heterocycles. The number of hydrogen-bond acceptors (Lipinski definition) is 9.